The molecule has 2 N–H and O–H groups in total. The van der Waals surface area contributed by atoms with Crippen LogP contribution in [-0.4, -0.2) is 40.6 Å². The van der Waals surface area contributed by atoms with Crippen molar-refractivity contribution in [2.45, 2.75) is 31.2 Å². The zero-order chi connectivity index (χ0) is 25.6. The normalized spacial score (nSPS) is 11.9. The second kappa shape index (κ2) is 11.1. The van der Waals surface area contributed by atoms with Gasteiger partial charge in [-0.2, -0.15) is 0 Å². The number of hydrogen-bond donors (Lipinski definition) is 2. The standard InChI is InChI=1S/C26H29N3O5S/c1-18-10-8-9-13-24(18)35(32,33)28-26(31)27-22(17-20-11-6-5-7-12-20)25(30)29(3)23-15-14-21(34-4)16-19(23)2/h5-16,22H,17H2,1-4H3,(H2,27,28,31). The van der Waals surface area contributed by atoms with E-state index in [1.807, 2.05) is 42.0 Å². The maximum atomic E-state index is 13.5. The SMILES string of the molecule is COc1ccc(N(C)C(=O)C(Cc2ccccc2)NC(=O)NS(=O)(=O)c2ccccc2C)c(C)c1. The van der Waals surface area contributed by atoms with Gasteiger partial charge in [-0.3, -0.25) is 4.79 Å². The van der Waals surface area contributed by atoms with Gasteiger partial charge in [0.1, 0.15) is 11.8 Å². The average Bonchev–Trinajstić information content (AvgIpc) is 2.83. The molecule has 0 saturated heterocycles. The van der Waals surface area contributed by atoms with Crippen molar-refractivity contribution in [2.24, 2.45) is 0 Å². The van der Waals surface area contributed by atoms with E-state index in [0.29, 0.717) is 17.0 Å². The van der Waals surface area contributed by atoms with Crippen molar-refractivity contribution in [1.82, 2.24) is 10.0 Å². The second-order valence-electron chi connectivity index (χ2n) is 8.14. The summed E-state index contributed by atoms with van der Waals surface area (Å²) in [6.45, 7) is 3.49. The van der Waals surface area contributed by atoms with Crippen LogP contribution in [0.25, 0.3) is 0 Å². The molecule has 3 aromatic carbocycles. The van der Waals surface area contributed by atoms with Gasteiger partial charge >= 0.3 is 6.03 Å². The Morgan fingerprint density at radius 1 is 0.943 bits per heavy atom. The van der Waals surface area contributed by atoms with Crippen LogP contribution >= 0.6 is 0 Å². The first-order valence-electron chi connectivity index (χ1n) is 11.0. The third kappa shape index (κ3) is 6.39. The van der Waals surface area contributed by atoms with Crippen LogP contribution in [0, 0.1) is 13.8 Å². The van der Waals surface area contributed by atoms with Gasteiger partial charge in [-0.15, -0.1) is 0 Å². The lowest BCUT2D eigenvalue weighted by Crippen LogP contribution is -2.52. The number of nitrogens with zero attached hydrogens (tertiary/aromatic N) is 1. The Labute approximate surface area is 206 Å². The Hall–Kier alpha value is -3.85. The molecule has 35 heavy (non-hydrogen) atoms. The van der Waals surface area contributed by atoms with Crippen molar-refractivity contribution < 1.29 is 22.7 Å². The Morgan fingerprint density at radius 3 is 2.23 bits per heavy atom. The number of methoxy groups -OCH3 is 1. The Balaban J connectivity index is 1.85. The molecule has 0 heterocycles. The van der Waals surface area contributed by atoms with Gasteiger partial charge in [0.05, 0.1) is 12.0 Å². The second-order valence-corrected chi connectivity index (χ2v) is 9.79. The quantitative estimate of drug-likeness (QED) is 0.497. The van der Waals surface area contributed by atoms with Gasteiger partial charge in [0.15, 0.2) is 0 Å². The van der Waals surface area contributed by atoms with Crippen molar-refractivity contribution in [3.8, 4) is 5.75 Å². The zero-order valence-corrected chi connectivity index (χ0v) is 20.9. The number of amides is 3. The minimum atomic E-state index is -4.12. The van der Waals surface area contributed by atoms with Gasteiger partial charge in [0.25, 0.3) is 10.0 Å². The fourth-order valence-corrected chi connectivity index (χ4v) is 4.92. The molecule has 3 aromatic rings. The lowest BCUT2D eigenvalue weighted by Gasteiger charge is -2.26. The maximum absolute atomic E-state index is 13.5. The molecule has 1 atom stereocenters. The van der Waals surface area contributed by atoms with Crippen molar-refractivity contribution in [3.63, 3.8) is 0 Å². The summed E-state index contributed by atoms with van der Waals surface area (Å²) in [6, 6.07) is 18.8. The highest BCUT2D eigenvalue weighted by molar-refractivity contribution is 7.90. The van der Waals surface area contributed by atoms with Crippen LogP contribution in [0.5, 0.6) is 5.75 Å². The summed E-state index contributed by atoms with van der Waals surface area (Å²) >= 11 is 0. The van der Waals surface area contributed by atoms with E-state index >= 15 is 0 Å². The van der Waals surface area contributed by atoms with Crippen LogP contribution in [-0.2, 0) is 21.2 Å². The van der Waals surface area contributed by atoms with E-state index < -0.39 is 28.0 Å². The van der Waals surface area contributed by atoms with Crippen molar-refractivity contribution >= 4 is 27.6 Å². The summed E-state index contributed by atoms with van der Waals surface area (Å²) in [4.78, 5) is 27.7. The molecule has 0 aliphatic carbocycles. The minimum Gasteiger partial charge on any atom is -0.497 e. The number of rotatable bonds is 8. The van der Waals surface area contributed by atoms with E-state index in [4.69, 9.17) is 4.74 Å². The lowest BCUT2D eigenvalue weighted by atomic mass is 10.0. The third-order valence-corrected chi connectivity index (χ3v) is 7.08. The molecule has 184 valence electrons. The van der Waals surface area contributed by atoms with Crippen LogP contribution < -0.4 is 19.7 Å². The summed E-state index contributed by atoms with van der Waals surface area (Å²) in [7, 11) is -0.950. The van der Waals surface area contributed by atoms with Crippen LogP contribution in [0.1, 0.15) is 16.7 Å². The van der Waals surface area contributed by atoms with Gasteiger partial charge in [-0.1, -0.05) is 48.5 Å². The molecule has 1 unspecified atom stereocenters. The average molecular weight is 496 g/mol. The summed E-state index contributed by atoms with van der Waals surface area (Å²) in [5.74, 6) is 0.261. The number of aryl methyl sites for hydroxylation is 2. The molecule has 0 saturated carbocycles. The number of nitrogens with one attached hydrogen (secondary N) is 2. The summed E-state index contributed by atoms with van der Waals surface area (Å²) in [6.07, 6.45) is 0.178. The largest absolute Gasteiger partial charge is 0.497 e. The van der Waals surface area contributed by atoms with E-state index in [1.54, 1.807) is 57.5 Å². The van der Waals surface area contributed by atoms with E-state index in [0.717, 1.165) is 11.1 Å². The fraction of sp³-hybridized carbons (Fsp3) is 0.231. The Bertz CT molecular complexity index is 1310. The van der Waals surface area contributed by atoms with Crippen molar-refractivity contribution in [1.29, 1.82) is 0 Å². The van der Waals surface area contributed by atoms with Crippen LogP contribution in [0.4, 0.5) is 10.5 Å². The number of benzene rings is 3. The molecular weight excluding hydrogens is 466 g/mol. The highest BCUT2D eigenvalue weighted by atomic mass is 32.2. The number of carbonyl (C=O) groups excluding carboxylic acids is 2. The molecule has 3 rings (SSSR count). The molecular formula is C26H29N3O5S. The molecule has 0 aliphatic heterocycles. The number of carbonyl (C=O) groups is 2. The first-order chi connectivity index (χ1) is 16.6. The molecule has 3 amide bonds. The van der Waals surface area contributed by atoms with Gasteiger partial charge < -0.3 is 15.0 Å². The summed E-state index contributed by atoms with van der Waals surface area (Å²) < 4.78 is 32.8. The topological polar surface area (TPSA) is 105 Å². The highest BCUT2D eigenvalue weighted by Gasteiger charge is 2.28. The number of hydrogen-bond acceptors (Lipinski definition) is 5. The molecule has 0 aromatic heterocycles. The van der Waals surface area contributed by atoms with Crippen molar-refractivity contribution in [3.05, 3.63) is 89.5 Å². The summed E-state index contributed by atoms with van der Waals surface area (Å²) in [5.41, 5.74) is 2.76. The Morgan fingerprint density at radius 2 is 1.60 bits per heavy atom. The zero-order valence-electron chi connectivity index (χ0n) is 20.1. The highest BCUT2D eigenvalue weighted by Crippen LogP contribution is 2.25. The molecule has 0 bridgehead atoms. The van der Waals surface area contributed by atoms with Crippen LogP contribution in [0.3, 0.4) is 0 Å². The van der Waals surface area contributed by atoms with Crippen LogP contribution in [0.2, 0.25) is 0 Å². The molecule has 0 radical (unpaired) electrons. The van der Waals surface area contributed by atoms with E-state index in [2.05, 4.69) is 5.32 Å². The van der Waals surface area contributed by atoms with Gasteiger partial charge in [-0.05, 0) is 54.8 Å². The first kappa shape index (κ1) is 25.8. The van der Waals surface area contributed by atoms with Crippen molar-refractivity contribution in [2.75, 3.05) is 19.1 Å². The van der Waals surface area contributed by atoms with Gasteiger partial charge in [0.2, 0.25) is 5.91 Å². The fourth-order valence-electron chi connectivity index (χ4n) is 3.76. The van der Waals surface area contributed by atoms with Gasteiger partial charge in [-0.25, -0.2) is 17.9 Å². The molecule has 0 spiro atoms. The summed E-state index contributed by atoms with van der Waals surface area (Å²) in [5, 5.41) is 2.56. The number of likely N-dealkylation sites (N-methyl/N-ethyl adjacent to an activating group) is 1. The molecule has 0 fully saturated rings. The van der Waals surface area contributed by atoms with Gasteiger partial charge in [0, 0.05) is 19.2 Å². The first-order valence-corrected chi connectivity index (χ1v) is 12.5. The molecule has 9 heteroatoms. The number of anilines is 1. The smallest absolute Gasteiger partial charge is 0.329 e. The van der Waals surface area contributed by atoms with E-state index in [-0.39, 0.29) is 11.3 Å². The predicted molar refractivity (Wildman–Crippen MR) is 135 cm³/mol. The molecule has 8 nitrogen and oxygen atoms in total. The Kier molecular flexibility index (Phi) is 8.14. The third-order valence-electron chi connectivity index (χ3n) is 5.59. The monoisotopic (exact) mass is 495 g/mol. The number of ether oxygens (including phenoxy) is 1. The van der Waals surface area contributed by atoms with Crippen LogP contribution in [0.15, 0.2) is 77.7 Å². The van der Waals surface area contributed by atoms with E-state index in [1.165, 1.54) is 11.0 Å². The minimum absolute atomic E-state index is 0.00735. The molecule has 0 aliphatic rings. The number of urea groups is 1. The predicted octanol–water partition coefficient (Wildman–Crippen LogP) is 3.57. The van der Waals surface area contributed by atoms with E-state index in [9.17, 15) is 18.0 Å². The lowest BCUT2D eigenvalue weighted by molar-refractivity contribution is -0.120. The number of sulfonamides is 1. The maximum Gasteiger partial charge on any atom is 0.329 e.